The maximum atomic E-state index is 13.6. The third-order valence-electron chi connectivity index (χ3n) is 6.82. The Hall–Kier alpha value is -2.37. The van der Waals surface area contributed by atoms with Crippen molar-refractivity contribution in [2.24, 2.45) is 5.41 Å². The standard InChI is InChI=1S/C21H21ClFN5O4/c22-20-25-17(27-7-21(8-27)4-10-1-2-12(23)3-11(10)5-21)14-18(26-20)28(9-24-14)19-16(31)15(30)13(6-29)32-19/h1-3,9,13,15-16,19,29-31H,4-8H2/t13-,15?,16+,19-/m1/s1. The van der Waals surface area contributed by atoms with Crippen LogP contribution in [0.3, 0.4) is 0 Å². The van der Waals surface area contributed by atoms with E-state index >= 15 is 0 Å². The van der Waals surface area contributed by atoms with Crippen LogP contribution >= 0.6 is 11.6 Å². The Morgan fingerprint density at radius 3 is 2.69 bits per heavy atom. The van der Waals surface area contributed by atoms with Gasteiger partial charge in [-0.25, -0.2) is 9.37 Å². The highest BCUT2D eigenvalue weighted by Gasteiger charge is 2.49. The zero-order chi connectivity index (χ0) is 22.2. The third kappa shape index (κ3) is 2.94. The minimum atomic E-state index is -1.26. The third-order valence-corrected chi connectivity index (χ3v) is 6.99. The maximum absolute atomic E-state index is 13.6. The van der Waals surface area contributed by atoms with Gasteiger partial charge in [-0.3, -0.25) is 4.57 Å². The van der Waals surface area contributed by atoms with Crippen LogP contribution in [0.2, 0.25) is 5.28 Å². The summed E-state index contributed by atoms with van der Waals surface area (Å²) in [5.74, 6) is 0.370. The number of aliphatic hydroxyl groups is 3. The topological polar surface area (TPSA) is 117 Å². The number of anilines is 1. The average molecular weight is 462 g/mol. The summed E-state index contributed by atoms with van der Waals surface area (Å²) >= 11 is 6.22. The van der Waals surface area contributed by atoms with Gasteiger partial charge >= 0.3 is 0 Å². The van der Waals surface area contributed by atoms with E-state index in [4.69, 9.17) is 16.3 Å². The Kier molecular flexibility index (Phi) is 4.47. The van der Waals surface area contributed by atoms with Gasteiger partial charge in [-0.15, -0.1) is 0 Å². The molecular formula is C21H21ClFN5O4. The number of imidazole rings is 1. The summed E-state index contributed by atoms with van der Waals surface area (Å²) in [5, 5.41) is 29.9. The molecule has 1 aromatic carbocycles. The summed E-state index contributed by atoms with van der Waals surface area (Å²) in [4.78, 5) is 15.2. The molecule has 168 valence electrons. The summed E-state index contributed by atoms with van der Waals surface area (Å²) in [6.45, 7) is 1.03. The molecule has 11 heteroatoms. The molecule has 4 atom stereocenters. The lowest BCUT2D eigenvalue weighted by Crippen LogP contribution is -2.57. The first-order valence-electron chi connectivity index (χ1n) is 10.4. The lowest BCUT2D eigenvalue weighted by molar-refractivity contribution is -0.0511. The molecule has 3 aromatic rings. The van der Waals surface area contributed by atoms with Crippen LogP contribution in [0.4, 0.5) is 10.2 Å². The molecule has 0 amide bonds. The van der Waals surface area contributed by atoms with Crippen molar-refractivity contribution >= 4 is 28.6 Å². The summed E-state index contributed by atoms with van der Waals surface area (Å²) < 4.78 is 20.7. The number of halogens is 2. The number of aromatic nitrogens is 4. The van der Waals surface area contributed by atoms with Gasteiger partial charge in [-0.1, -0.05) is 6.07 Å². The molecule has 2 saturated heterocycles. The predicted molar refractivity (Wildman–Crippen MR) is 112 cm³/mol. The van der Waals surface area contributed by atoms with E-state index in [2.05, 4.69) is 19.9 Å². The van der Waals surface area contributed by atoms with Crippen LogP contribution in [0.5, 0.6) is 0 Å². The first-order valence-corrected chi connectivity index (χ1v) is 10.8. The molecule has 4 heterocycles. The van der Waals surface area contributed by atoms with Gasteiger partial charge in [-0.05, 0) is 47.7 Å². The number of hydrogen-bond donors (Lipinski definition) is 3. The van der Waals surface area contributed by atoms with E-state index < -0.39 is 31.1 Å². The number of fused-ring (bicyclic) bond motifs is 2. The molecule has 1 unspecified atom stereocenters. The molecule has 0 saturated carbocycles. The van der Waals surface area contributed by atoms with E-state index in [1.54, 1.807) is 6.07 Å². The summed E-state index contributed by atoms with van der Waals surface area (Å²) in [6, 6.07) is 4.99. The fourth-order valence-electron chi connectivity index (χ4n) is 5.33. The van der Waals surface area contributed by atoms with Crippen LogP contribution in [-0.4, -0.2) is 72.8 Å². The van der Waals surface area contributed by atoms with Gasteiger partial charge in [0.25, 0.3) is 0 Å². The molecule has 2 aliphatic heterocycles. The first-order chi connectivity index (χ1) is 15.4. The van der Waals surface area contributed by atoms with E-state index in [1.165, 1.54) is 22.5 Å². The molecule has 0 radical (unpaired) electrons. The highest BCUT2D eigenvalue weighted by atomic mass is 35.5. The van der Waals surface area contributed by atoms with E-state index in [-0.39, 0.29) is 16.5 Å². The monoisotopic (exact) mass is 461 g/mol. The van der Waals surface area contributed by atoms with Gasteiger partial charge < -0.3 is 25.0 Å². The highest BCUT2D eigenvalue weighted by molar-refractivity contribution is 6.28. The van der Waals surface area contributed by atoms with Crippen LogP contribution in [0.15, 0.2) is 24.5 Å². The second-order valence-electron chi connectivity index (χ2n) is 8.99. The van der Waals surface area contributed by atoms with Crippen molar-refractivity contribution in [2.75, 3.05) is 24.6 Å². The zero-order valence-corrected chi connectivity index (χ0v) is 17.7. The number of nitrogens with zero attached hydrogens (tertiary/aromatic N) is 5. The minimum absolute atomic E-state index is 0.0266. The van der Waals surface area contributed by atoms with Gasteiger partial charge in [-0.2, -0.15) is 9.97 Å². The Morgan fingerprint density at radius 1 is 1.16 bits per heavy atom. The highest BCUT2D eigenvalue weighted by Crippen LogP contribution is 2.46. The SMILES string of the molecule is OC[C@H]1O[C@@H](n2cnc3c(N4CC5(Cc6ccc(F)cc6C5)C4)nc(Cl)nc32)[C@@H](O)C1O. The number of hydrogen-bond acceptors (Lipinski definition) is 8. The molecule has 9 nitrogen and oxygen atoms in total. The fraction of sp³-hybridized carbons (Fsp3) is 0.476. The van der Waals surface area contributed by atoms with Crippen molar-refractivity contribution in [3.05, 3.63) is 46.8 Å². The van der Waals surface area contributed by atoms with Crippen LogP contribution in [0.1, 0.15) is 17.4 Å². The second kappa shape index (κ2) is 7.06. The molecule has 6 rings (SSSR count). The van der Waals surface area contributed by atoms with Gasteiger partial charge in [0.15, 0.2) is 23.2 Å². The zero-order valence-electron chi connectivity index (χ0n) is 16.9. The lowest BCUT2D eigenvalue weighted by atomic mass is 9.77. The summed E-state index contributed by atoms with van der Waals surface area (Å²) in [7, 11) is 0. The van der Waals surface area contributed by atoms with Crippen molar-refractivity contribution in [2.45, 2.75) is 37.4 Å². The smallest absolute Gasteiger partial charge is 0.226 e. The van der Waals surface area contributed by atoms with Gasteiger partial charge in [0.05, 0.1) is 12.9 Å². The number of aliphatic hydroxyl groups excluding tert-OH is 3. The Morgan fingerprint density at radius 2 is 1.94 bits per heavy atom. The molecule has 1 spiro atoms. The van der Waals surface area contributed by atoms with Gasteiger partial charge in [0, 0.05) is 18.5 Å². The predicted octanol–water partition coefficient (Wildman–Crippen LogP) is 0.835. The molecule has 1 aliphatic carbocycles. The molecule has 3 aliphatic rings. The normalized spacial score (nSPS) is 28.5. The fourth-order valence-corrected chi connectivity index (χ4v) is 5.49. The molecule has 2 aromatic heterocycles. The maximum Gasteiger partial charge on any atom is 0.226 e. The molecule has 3 N–H and O–H groups in total. The number of rotatable bonds is 3. The molecule has 0 bridgehead atoms. The van der Waals surface area contributed by atoms with E-state index in [9.17, 15) is 19.7 Å². The van der Waals surface area contributed by atoms with E-state index in [0.717, 1.165) is 31.5 Å². The van der Waals surface area contributed by atoms with Crippen molar-refractivity contribution in [1.82, 2.24) is 19.5 Å². The van der Waals surface area contributed by atoms with Crippen LogP contribution in [-0.2, 0) is 17.6 Å². The van der Waals surface area contributed by atoms with Crippen LogP contribution in [0.25, 0.3) is 11.2 Å². The lowest BCUT2D eigenvalue weighted by Gasteiger charge is -2.49. The average Bonchev–Trinajstić information content (AvgIpc) is 3.40. The van der Waals surface area contributed by atoms with Gasteiger partial charge in [0.1, 0.15) is 24.1 Å². The quantitative estimate of drug-likeness (QED) is 0.491. The van der Waals surface area contributed by atoms with Crippen molar-refractivity contribution in [3.8, 4) is 0 Å². The summed E-state index contributed by atoms with van der Waals surface area (Å²) in [5.41, 5.74) is 3.15. The van der Waals surface area contributed by atoms with E-state index in [0.29, 0.717) is 17.0 Å². The van der Waals surface area contributed by atoms with Gasteiger partial charge in [0.2, 0.25) is 5.28 Å². The Balaban J connectivity index is 1.29. The largest absolute Gasteiger partial charge is 0.394 e. The second-order valence-corrected chi connectivity index (χ2v) is 9.33. The van der Waals surface area contributed by atoms with E-state index in [1.807, 2.05) is 6.07 Å². The van der Waals surface area contributed by atoms with Crippen molar-refractivity contribution in [3.63, 3.8) is 0 Å². The van der Waals surface area contributed by atoms with Crippen LogP contribution in [0, 0.1) is 11.2 Å². The summed E-state index contributed by atoms with van der Waals surface area (Å²) in [6.07, 6.45) is -1.20. The molecule has 32 heavy (non-hydrogen) atoms. The number of benzene rings is 1. The van der Waals surface area contributed by atoms with Crippen LogP contribution < -0.4 is 4.90 Å². The Labute approximate surface area is 187 Å². The Bertz CT molecular complexity index is 1220. The minimum Gasteiger partial charge on any atom is -0.394 e. The molecular weight excluding hydrogens is 441 g/mol. The van der Waals surface area contributed by atoms with Crippen molar-refractivity contribution < 1.29 is 24.4 Å². The molecule has 2 fully saturated rings. The number of ether oxygens (including phenoxy) is 1. The first kappa shape index (κ1) is 20.3. The van der Waals surface area contributed by atoms with Crippen molar-refractivity contribution in [1.29, 1.82) is 0 Å².